The van der Waals surface area contributed by atoms with Crippen LogP contribution in [0.2, 0.25) is 0 Å². The number of piperidine rings is 1. The van der Waals surface area contributed by atoms with Gasteiger partial charge in [0.05, 0.1) is 10.3 Å². The van der Waals surface area contributed by atoms with Gasteiger partial charge >= 0.3 is 0 Å². The van der Waals surface area contributed by atoms with E-state index in [1.807, 2.05) is 0 Å². The molecule has 2 aliphatic heterocycles. The van der Waals surface area contributed by atoms with Crippen LogP contribution in [0.15, 0.2) is 23.1 Å². The first-order valence-corrected chi connectivity index (χ1v) is 12.8. The summed E-state index contributed by atoms with van der Waals surface area (Å²) in [5.41, 5.74) is 0.406. The van der Waals surface area contributed by atoms with E-state index in [0.717, 1.165) is 38.5 Å². The van der Waals surface area contributed by atoms with E-state index in [2.05, 4.69) is 12.2 Å². The predicted molar refractivity (Wildman–Crippen MR) is 119 cm³/mol. The van der Waals surface area contributed by atoms with Gasteiger partial charge in [-0.05, 0) is 69.2 Å². The molecule has 0 radical (unpaired) electrons. The number of hydrogen-bond acceptors (Lipinski definition) is 4. The minimum Gasteiger partial charge on any atom is -0.352 e. The second-order valence-corrected chi connectivity index (χ2v) is 11.8. The minimum atomic E-state index is -3.62. The van der Waals surface area contributed by atoms with Crippen LogP contribution in [0.1, 0.15) is 64.9 Å². The van der Waals surface area contributed by atoms with Gasteiger partial charge in [-0.2, -0.15) is 4.31 Å². The lowest BCUT2D eigenvalue weighted by Crippen LogP contribution is -2.44. The van der Waals surface area contributed by atoms with Gasteiger partial charge in [0, 0.05) is 24.8 Å². The van der Waals surface area contributed by atoms with Crippen LogP contribution in [-0.2, 0) is 25.0 Å². The Hall–Kier alpha value is -1.93. The van der Waals surface area contributed by atoms with Crippen LogP contribution in [-0.4, -0.2) is 50.2 Å². The Balaban J connectivity index is 1.59. The van der Waals surface area contributed by atoms with Gasteiger partial charge in [-0.3, -0.25) is 9.59 Å². The lowest BCUT2D eigenvalue weighted by molar-refractivity contribution is -0.125. The van der Waals surface area contributed by atoms with Gasteiger partial charge in [-0.1, -0.05) is 19.8 Å². The second kappa shape index (κ2) is 8.20. The van der Waals surface area contributed by atoms with Crippen molar-refractivity contribution in [3.8, 4) is 0 Å². The average Bonchev–Trinajstić information content (AvgIpc) is 3.29. The summed E-state index contributed by atoms with van der Waals surface area (Å²) in [4.78, 5) is 27.4. The standard InChI is InChI=1S/C23H33N3O4S/c1-16-7-6-12-25(14-16)31(29,30)18-10-11-20-19(13-18)23(2,3)22(28)26(20)15-21(27)24-17-8-4-5-9-17/h10-11,13,16-17H,4-9,12,14-15H2,1-3H3,(H,24,27)/t16-/m0/s1. The number of nitrogens with zero attached hydrogens (tertiary/aromatic N) is 2. The fraction of sp³-hybridized carbons (Fsp3) is 0.652. The second-order valence-electron chi connectivity index (χ2n) is 9.85. The third-order valence-corrected chi connectivity index (χ3v) is 8.85. The third kappa shape index (κ3) is 4.12. The van der Waals surface area contributed by atoms with Crippen molar-refractivity contribution in [2.75, 3.05) is 24.5 Å². The number of carbonyl (C=O) groups excluding carboxylic acids is 2. The molecule has 3 aliphatic rings. The van der Waals surface area contributed by atoms with Gasteiger partial charge in [0.2, 0.25) is 21.8 Å². The maximum absolute atomic E-state index is 13.2. The van der Waals surface area contributed by atoms with Crippen LogP contribution in [0.3, 0.4) is 0 Å². The van der Waals surface area contributed by atoms with Crippen LogP contribution in [0, 0.1) is 5.92 Å². The van der Waals surface area contributed by atoms with Crippen molar-refractivity contribution >= 4 is 27.5 Å². The summed E-state index contributed by atoms with van der Waals surface area (Å²) >= 11 is 0. The first-order chi connectivity index (χ1) is 14.6. The lowest BCUT2D eigenvalue weighted by atomic mass is 9.86. The predicted octanol–water partition coefficient (Wildman–Crippen LogP) is 2.79. The monoisotopic (exact) mass is 447 g/mol. The summed E-state index contributed by atoms with van der Waals surface area (Å²) in [6, 6.07) is 5.09. The van der Waals surface area contributed by atoms with E-state index in [1.54, 1.807) is 36.4 Å². The summed E-state index contributed by atoms with van der Waals surface area (Å²) in [6.07, 6.45) is 6.11. The molecule has 1 aromatic rings. The highest BCUT2D eigenvalue weighted by Crippen LogP contribution is 2.43. The molecule has 0 aromatic heterocycles. The van der Waals surface area contributed by atoms with Gasteiger partial charge in [0.1, 0.15) is 6.54 Å². The number of benzene rings is 1. The van der Waals surface area contributed by atoms with Crippen molar-refractivity contribution in [1.82, 2.24) is 9.62 Å². The minimum absolute atomic E-state index is 0.0402. The molecule has 170 valence electrons. The van der Waals surface area contributed by atoms with Crippen molar-refractivity contribution in [2.45, 2.75) is 75.6 Å². The van der Waals surface area contributed by atoms with E-state index in [0.29, 0.717) is 30.3 Å². The van der Waals surface area contributed by atoms with E-state index in [1.165, 1.54) is 4.90 Å². The average molecular weight is 448 g/mol. The van der Waals surface area contributed by atoms with Crippen LogP contribution < -0.4 is 10.2 Å². The molecule has 1 atom stereocenters. The highest BCUT2D eigenvalue weighted by Gasteiger charge is 2.45. The largest absolute Gasteiger partial charge is 0.352 e. The molecular formula is C23H33N3O4S. The Morgan fingerprint density at radius 2 is 1.87 bits per heavy atom. The molecule has 7 nitrogen and oxygen atoms in total. The molecule has 2 heterocycles. The molecule has 8 heteroatoms. The van der Waals surface area contributed by atoms with E-state index >= 15 is 0 Å². The molecule has 1 N–H and O–H groups in total. The molecule has 0 unspecified atom stereocenters. The number of anilines is 1. The van der Waals surface area contributed by atoms with Crippen molar-refractivity contribution in [1.29, 1.82) is 0 Å². The highest BCUT2D eigenvalue weighted by atomic mass is 32.2. The van der Waals surface area contributed by atoms with Gasteiger partial charge in [-0.25, -0.2) is 8.42 Å². The summed E-state index contributed by atoms with van der Waals surface area (Å²) < 4.78 is 28.0. The molecule has 31 heavy (non-hydrogen) atoms. The van der Waals surface area contributed by atoms with Crippen molar-refractivity contribution < 1.29 is 18.0 Å². The summed E-state index contributed by atoms with van der Waals surface area (Å²) in [5.74, 6) is -0.00189. The zero-order valence-electron chi connectivity index (χ0n) is 18.7. The first-order valence-electron chi connectivity index (χ1n) is 11.4. The quantitative estimate of drug-likeness (QED) is 0.752. The van der Waals surface area contributed by atoms with E-state index in [9.17, 15) is 18.0 Å². The highest BCUT2D eigenvalue weighted by molar-refractivity contribution is 7.89. The molecule has 0 bridgehead atoms. The maximum atomic E-state index is 13.2. The van der Waals surface area contributed by atoms with E-state index in [4.69, 9.17) is 0 Å². The Bertz CT molecular complexity index is 983. The molecule has 0 spiro atoms. The molecule has 1 aliphatic carbocycles. The fourth-order valence-corrected chi connectivity index (χ4v) is 6.76. The van der Waals surface area contributed by atoms with Crippen LogP contribution in [0.4, 0.5) is 5.69 Å². The summed E-state index contributed by atoms with van der Waals surface area (Å²) in [6.45, 7) is 6.67. The number of sulfonamides is 1. The Morgan fingerprint density at radius 3 is 2.55 bits per heavy atom. The Kier molecular flexibility index (Phi) is 5.89. The molecular weight excluding hydrogens is 414 g/mol. The van der Waals surface area contributed by atoms with Crippen LogP contribution >= 0.6 is 0 Å². The Labute approximate surface area is 185 Å². The van der Waals surface area contributed by atoms with Crippen LogP contribution in [0.25, 0.3) is 0 Å². The molecule has 1 aromatic carbocycles. The third-order valence-electron chi connectivity index (χ3n) is 6.99. The van der Waals surface area contributed by atoms with Crippen molar-refractivity contribution in [3.05, 3.63) is 23.8 Å². The van der Waals surface area contributed by atoms with E-state index in [-0.39, 0.29) is 29.3 Å². The zero-order valence-corrected chi connectivity index (χ0v) is 19.5. The topological polar surface area (TPSA) is 86.8 Å². The molecule has 1 saturated carbocycles. The lowest BCUT2D eigenvalue weighted by Gasteiger charge is -2.30. The van der Waals surface area contributed by atoms with Gasteiger partial charge < -0.3 is 10.2 Å². The van der Waals surface area contributed by atoms with Gasteiger partial charge in [0.25, 0.3) is 0 Å². The zero-order chi connectivity index (χ0) is 22.4. The summed E-state index contributed by atoms with van der Waals surface area (Å²) in [7, 11) is -3.62. The number of amides is 2. The number of fused-ring (bicyclic) bond motifs is 1. The smallest absolute Gasteiger partial charge is 0.243 e. The first kappa shape index (κ1) is 22.3. The molecule has 2 fully saturated rings. The number of nitrogens with one attached hydrogen (secondary N) is 1. The SMILES string of the molecule is C[C@H]1CCCN(S(=O)(=O)c2ccc3c(c2)C(C)(C)C(=O)N3CC(=O)NC2CCCC2)C1. The van der Waals surface area contributed by atoms with Crippen LogP contribution in [0.5, 0.6) is 0 Å². The molecule has 4 rings (SSSR count). The normalized spacial score (nSPS) is 24.4. The van der Waals surface area contributed by atoms with Crippen molar-refractivity contribution in [3.63, 3.8) is 0 Å². The number of hydrogen-bond donors (Lipinski definition) is 1. The Morgan fingerprint density at radius 1 is 1.16 bits per heavy atom. The summed E-state index contributed by atoms with van der Waals surface area (Å²) in [5, 5.41) is 3.03. The van der Waals surface area contributed by atoms with Gasteiger partial charge in [0.15, 0.2) is 0 Å². The maximum Gasteiger partial charge on any atom is 0.243 e. The van der Waals surface area contributed by atoms with Crippen molar-refractivity contribution in [2.24, 2.45) is 5.92 Å². The number of rotatable bonds is 5. The molecule has 1 saturated heterocycles. The molecule has 2 amide bonds. The van der Waals surface area contributed by atoms with E-state index < -0.39 is 15.4 Å². The fourth-order valence-electron chi connectivity index (χ4n) is 5.13. The number of carbonyl (C=O) groups is 2. The van der Waals surface area contributed by atoms with Gasteiger partial charge in [-0.15, -0.1) is 0 Å².